The smallest absolute Gasteiger partial charge is 0.371 e. The Labute approximate surface area is 104 Å². The molecule has 1 aromatic heterocycles. The SMILES string of the molecule is COc1ccc(COc2ccc(C(=O)O)o2)cc1. The van der Waals surface area contributed by atoms with Crippen molar-refractivity contribution in [3.63, 3.8) is 0 Å². The van der Waals surface area contributed by atoms with E-state index in [9.17, 15) is 4.79 Å². The Morgan fingerprint density at radius 2 is 1.94 bits per heavy atom. The van der Waals surface area contributed by atoms with E-state index in [2.05, 4.69) is 0 Å². The Kier molecular flexibility index (Phi) is 3.52. The van der Waals surface area contributed by atoms with E-state index in [4.69, 9.17) is 19.0 Å². The predicted octanol–water partition coefficient (Wildman–Crippen LogP) is 2.57. The molecule has 0 saturated heterocycles. The van der Waals surface area contributed by atoms with Crippen LogP contribution in [0, 0.1) is 0 Å². The van der Waals surface area contributed by atoms with E-state index in [0.29, 0.717) is 6.61 Å². The van der Waals surface area contributed by atoms with Gasteiger partial charge in [0, 0.05) is 6.07 Å². The molecule has 1 aromatic carbocycles. The third kappa shape index (κ3) is 2.82. The van der Waals surface area contributed by atoms with E-state index >= 15 is 0 Å². The van der Waals surface area contributed by atoms with Gasteiger partial charge in [-0.05, 0) is 23.8 Å². The number of ether oxygens (including phenoxy) is 2. The van der Waals surface area contributed by atoms with Gasteiger partial charge in [0.15, 0.2) is 0 Å². The fraction of sp³-hybridized carbons (Fsp3) is 0.154. The summed E-state index contributed by atoms with van der Waals surface area (Å²) >= 11 is 0. The molecule has 2 aromatic rings. The number of aromatic carboxylic acids is 1. The molecule has 18 heavy (non-hydrogen) atoms. The largest absolute Gasteiger partial charge is 0.497 e. The molecule has 5 heteroatoms. The number of benzene rings is 1. The maximum absolute atomic E-state index is 10.6. The average molecular weight is 248 g/mol. The van der Waals surface area contributed by atoms with Crippen molar-refractivity contribution in [1.29, 1.82) is 0 Å². The van der Waals surface area contributed by atoms with Crippen molar-refractivity contribution in [3.8, 4) is 11.7 Å². The van der Waals surface area contributed by atoms with Crippen LogP contribution in [0.4, 0.5) is 0 Å². The highest BCUT2D eigenvalue weighted by Gasteiger charge is 2.09. The Balaban J connectivity index is 1.95. The third-order valence-corrected chi connectivity index (χ3v) is 2.33. The van der Waals surface area contributed by atoms with Gasteiger partial charge in [-0.25, -0.2) is 4.79 Å². The summed E-state index contributed by atoms with van der Waals surface area (Å²) in [5, 5.41) is 8.68. The highest BCUT2D eigenvalue weighted by Crippen LogP contribution is 2.18. The molecule has 94 valence electrons. The van der Waals surface area contributed by atoms with Gasteiger partial charge in [-0.2, -0.15) is 0 Å². The summed E-state index contributed by atoms with van der Waals surface area (Å²) in [4.78, 5) is 10.6. The number of hydrogen-bond donors (Lipinski definition) is 1. The second-order valence-electron chi connectivity index (χ2n) is 3.56. The molecule has 0 atom stereocenters. The summed E-state index contributed by atoms with van der Waals surface area (Å²) in [5.74, 6) is -0.304. The monoisotopic (exact) mass is 248 g/mol. The lowest BCUT2D eigenvalue weighted by molar-refractivity contribution is 0.0652. The highest BCUT2D eigenvalue weighted by atomic mass is 16.6. The fourth-order valence-corrected chi connectivity index (χ4v) is 1.39. The second kappa shape index (κ2) is 5.27. The highest BCUT2D eigenvalue weighted by molar-refractivity contribution is 5.84. The first-order valence-corrected chi connectivity index (χ1v) is 5.28. The van der Waals surface area contributed by atoms with Crippen LogP contribution in [0.3, 0.4) is 0 Å². The van der Waals surface area contributed by atoms with Gasteiger partial charge in [0.05, 0.1) is 7.11 Å². The Morgan fingerprint density at radius 3 is 2.50 bits per heavy atom. The number of hydrogen-bond acceptors (Lipinski definition) is 4. The van der Waals surface area contributed by atoms with Gasteiger partial charge in [0.2, 0.25) is 5.76 Å². The van der Waals surface area contributed by atoms with Crippen molar-refractivity contribution < 1.29 is 23.8 Å². The van der Waals surface area contributed by atoms with Crippen LogP contribution in [-0.2, 0) is 6.61 Å². The molecule has 0 fully saturated rings. The number of carboxylic acid groups (broad SMARTS) is 1. The Bertz CT molecular complexity index is 527. The number of carbonyl (C=O) groups is 1. The topological polar surface area (TPSA) is 68.9 Å². The zero-order chi connectivity index (χ0) is 13.0. The van der Waals surface area contributed by atoms with Crippen LogP contribution in [0.5, 0.6) is 11.7 Å². The molecule has 0 saturated carbocycles. The minimum absolute atomic E-state index is 0.139. The van der Waals surface area contributed by atoms with Gasteiger partial charge in [0.25, 0.3) is 5.95 Å². The van der Waals surface area contributed by atoms with Crippen LogP contribution in [0.25, 0.3) is 0 Å². The number of rotatable bonds is 5. The van der Waals surface area contributed by atoms with E-state index in [1.54, 1.807) is 7.11 Å². The molecule has 5 nitrogen and oxygen atoms in total. The van der Waals surface area contributed by atoms with Crippen LogP contribution in [0.1, 0.15) is 16.1 Å². The van der Waals surface area contributed by atoms with E-state index < -0.39 is 5.97 Å². The summed E-state index contributed by atoms with van der Waals surface area (Å²) in [7, 11) is 1.60. The van der Waals surface area contributed by atoms with Crippen LogP contribution < -0.4 is 9.47 Å². The summed E-state index contributed by atoms with van der Waals surface area (Å²) in [6.07, 6.45) is 0. The van der Waals surface area contributed by atoms with E-state index in [0.717, 1.165) is 11.3 Å². The average Bonchev–Trinajstić information content (AvgIpc) is 2.86. The maximum Gasteiger partial charge on any atom is 0.371 e. The van der Waals surface area contributed by atoms with Gasteiger partial charge in [-0.1, -0.05) is 12.1 Å². The van der Waals surface area contributed by atoms with Crippen LogP contribution in [0.2, 0.25) is 0 Å². The molecule has 1 N–H and O–H groups in total. The molecular weight excluding hydrogens is 236 g/mol. The number of furan rings is 1. The van der Waals surface area contributed by atoms with Crippen molar-refractivity contribution >= 4 is 5.97 Å². The van der Waals surface area contributed by atoms with Crippen molar-refractivity contribution in [2.24, 2.45) is 0 Å². The quantitative estimate of drug-likeness (QED) is 0.880. The van der Waals surface area contributed by atoms with Gasteiger partial charge in [-0.15, -0.1) is 0 Å². The Hall–Kier alpha value is -2.43. The first-order valence-electron chi connectivity index (χ1n) is 5.28. The molecule has 0 aliphatic carbocycles. The van der Waals surface area contributed by atoms with Crippen LogP contribution in [-0.4, -0.2) is 18.2 Å². The third-order valence-electron chi connectivity index (χ3n) is 2.33. The second-order valence-corrected chi connectivity index (χ2v) is 3.56. The standard InChI is InChI=1S/C13H12O5/c1-16-10-4-2-9(3-5-10)8-17-12-7-6-11(18-12)13(14)15/h2-7H,8H2,1H3,(H,14,15). The van der Waals surface area contributed by atoms with Crippen LogP contribution in [0.15, 0.2) is 40.8 Å². The van der Waals surface area contributed by atoms with Gasteiger partial charge in [-0.3, -0.25) is 0 Å². The molecule has 0 amide bonds. The minimum atomic E-state index is -1.12. The molecule has 0 bridgehead atoms. The lowest BCUT2D eigenvalue weighted by Crippen LogP contribution is -1.95. The Morgan fingerprint density at radius 1 is 1.22 bits per heavy atom. The summed E-state index contributed by atoms with van der Waals surface area (Å²) < 4.78 is 15.3. The number of carboxylic acids is 1. The summed E-state index contributed by atoms with van der Waals surface area (Å²) in [6.45, 7) is 0.302. The predicted molar refractivity (Wildman–Crippen MR) is 63.0 cm³/mol. The summed E-state index contributed by atoms with van der Waals surface area (Å²) in [6, 6.07) is 10.2. The summed E-state index contributed by atoms with van der Waals surface area (Å²) in [5.41, 5.74) is 0.934. The molecule has 0 aliphatic rings. The van der Waals surface area contributed by atoms with E-state index in [-0.39, 0.29) is 11.7 Å². The van der Waals surface area contributed by atoms with Gasteiger partial charge in [0.1, 0.15) is 12.4 Å². The van der Waals surface area contributed by atoms with Gasteiger partial charge < -0.3 is 19.0 Å². The van der Waals surface area contributed by atoms with Crippen molar-refractivity contribution in [1.82, 2.24) is 0 Å². The van der Waals surface area contributed by atoms with E-state index in [1.807, 2.05) is 24.3 Å². The first-order chi connectivity index (χ1) is 8.69. The van der Waals surface area contributed by atoms with E-state index in [1.165, 1.54) is 12.1 Å². The lowest BCUT2D eigenvalue weighted by atomic mass is 10.2. The van der Waals surface area contributed by atoms with Gasteiger partial charge >= 0.3 is 5.97 Å². The van der Waals surface area contributed by atoms with Crippen molar-refractivity contribution in [3.05, 3.63) is 47.7 Å². The molecule has 0 spiro atoms. The lowest BCUT2D eigenvalue weighted by Gasteiger charge is -2.04. The molecule has 0 aliphatic heterocycles. The molecular formula is C13H12O5. The maximum atomic E-state index is 10.6. The molecule has 0 radical (unpaired) electrons. The first kappa shape index (κ1) is 12.0. The molecule has 2 rings (SSSR count). The molecule has 0 unspecified atom stereocenters. The number of methoxy groups -OCH3 is 1. The fourth-order valence-electron chi connectivity index (χ4n) is 1.39. The zero-order valence-electron chi connectivity index (χ0n) is 9.75. The zero-order valence-corrected chi connectivity index (χ0v) is 9.75. The van der Waals surface area contributed by atoms with Crippen molar-refractivity contribution in [2.45, 2.75) is 6.61 Å². The molecule has 1 heterocycles. The van der Waals surface area contributed by atoms with Crippen molar-refractivity contribution in [2.75, 3.05) is 7.11 Å². The minimum Gasteiger partial charge on any atom is -0.497 e. The van der Waals surface area contributed by atoms with Crippen LogP contribution >= 0.6 is 0 Å². The normalized spacial score (nSPS) is 10.1.